The Hall–Kier alpha value is -3.08. The van der Waals surface area contributed by atoms with E-state index in [1.165, 1.54) is 6.07 Å². The number of phenolic OH excluding ortho intramolecular Hbond substituents is 1. The number of phenols is 1. The summed E-state index contributed by atoms with van der Waals surface area (Å²) >= 11 is 6.21. The van der Waals surface area contributed by atoms with E-state index in [4.69, 9.17) is 21.3 Å². The average Bonchev–Trinajstić information content (AvgIpc) is 3.12. The molecule has 0 aliphatic carbocycles. The Morgan fingerprint density at radius 1 is 1.26 bits per heavy atom. The summed E-state index contributed by atoms with van der Waals surface area (Å²) in [6.07, 6.45) is -0.851. The van der Waals surface area contributed by atoms with Gasteiger partial charge < -0.3 is 19.9 Å². The van der Waals surface area contributed by atoms with Crippen molar-refractivity contribution in [2.24, 2.45) is 0 Å². The number of nitrogens with zero attached hydrogens (tertiary/aromatic N) is 3. The van der Waals surface area contributed by atoms with Crippen LogP contribution in [0.1, 0.15) is 30.0 Å². The molecular weight excluding hydrogens is 368 g/mol. The fraction of sp³-hybridized carbons (Fsp3) is 0.211. The second-order valence-corrected chi connectivity index (χ2v) is 6.45. The molecule has 0 unspecified atom stereocenters. The van der Waals surface area contributed by atoms with Gasteiger partial charge in [0.1, 0.15) is 17.9 Å². The maximum Gasteiger partial charge on any atom is 0.247 e. The van der Waals surface area contributed by atoms with Crippen LogP contribution in [-0.4, -0.2) is 26.5 Å². The lowest BCUT2D eigenvalue weighted by Crippen LogP contribution is -2.23. The molecule has 1 heterocycles. The third kappa shape index (κ3) is 3.87. The standard InChI is InChI=1S/C19H17ClN4O3/c1-10-15(7-6-13(9-21)16(10)20)22-17(11(2)25)19-24-23-18(27-19)12-4-3-5-14(26)8-12/h3-8,11,17,22,25-26H,1-2H3/t11-,17+/m0/s1. The highest BCUT2D eigenvalue weighted by molar-refractivity contribution is 6.32. The number of aliphatic hydroxyl groups excluding tert-OH is 1. The van der Waals surface area contributed by atoms with Crippen molar-refractivity contribution < 1.29 is 14.6 Å². The van der Waals surface area contributed by atoms with Gasteiger partial charge in [0.2, 0.25) is 11.8 Å². The third-order valence-electron chi connectivity index (χ3n) is 4.10. The Morgan fingerprint density at radius 2 is 2.04 bits per heavy atom. The van der Waals surface area contributed by atoms with Gasteiger partial charge in [0.25, 0.3) is 0 Å². The second-order valence-electron chi connectivity index (χ2n) is 6.07. The Kier molecular flexibility index (Phi) is 5.31. The van der Waals surface area contributed by atoms with Crippen LogP contribution in [0.25, 0.3) is 11.5 Å². The highest BCUT2D eigenvalue weighted by Gasteiger charge is 2.25. The fourth-order valence-corrected chi connectivity index (χ4v) is 2.81. The van der Waals surface area contributed by atoms with Gasteiger partial charge in [-0.25, -0.2) is 0 Å². The predicted octanol–water partition coefficient (Wildman–Crippen LogP) is 3.81. The summed E-state index contributed by atoms with van der Waals surface area (Å²) in [7, 11) is 0. The van der Waals surface area contributed by atoms with Crippen molar-refractivity contribution in [3.05, 3.63) is 58.4 Å². The highest BCUT2D eigenvalue weighted by Crippen LogP contribution is 2.31. The number of hydrogen-bond acceptors (Lipinski definition) is 7. The van der Waals surface area contributed by atoms with Crippen molar-refractivity contribution in [2.45, 2.75) is 26.0 Å². The number of nitriles is 1. The smallest absolute Gasteiger partial charge is 0.247 e. The molecule has 3 N–H and O–H groups in total. The van der Waals surface area contributed by atoms with Crippen LogP contribution < -0.4 is 5.32 Å². The Balaban J connectivity index is 1.92. The molecule has 27 heavy (non-hydrogen) atoms. The number of anilines is 1. The van der Waals surface area contributed by atoms with Crippen molar-refractivity contribution in [2.75, 3.05) is 5.32 Å². The van der Waals surface area contributed by atoms with Gasteiger partial charge in [0.15, 0.2) is 0 Å². The molecule has 0 saturated heterocycles. The lowest BCUT2D eigenvalue weighted by molar-refractivity contribution is 0.159. The van der Waals surface area contributed by atoms with Gasteiger partial charge >= 0.3 is 0 Å². The van der Waals surface area contributed by atoms with Crippen LogP contribution in [-0.2, 0) is 0 Å². The number of rotatable bonds is 5. The Labute approximate surface area is 160 Å². The molecule has 3 rings (SSSR count). The maximum absolute atomic E-state index is 10.2. The molecule has 0 spiro atoms. The summed E-state index contributed by atoms with van der Waals surface area (Å²) < 4.78 is 5.69. The molecule has 8 heteroatoms. The van der Waals surface area contributed by atoms with Crippen molar-refractivity contribution in [3.63, 3.8) is 0 Å². The third-order valence-corrected chi connectivity index (χ3v) is 4.59. The van der Waals surface area contributed by atoms with E-state index in [1.807, 2.05) is 6.07 Å². The van der Waals surface area contributed by atoms with Gasteiger partial charge in [-0.2, -0.15) is 5.26 Å². The number of aromatic nitrogens is 2. The fourth-order valence-electron chi connectivity index (χ4n) is 2.60. The number of aliphatic hydroxyl groups is 1. The molecule has 0 amide bonds. The molecule has 0 fully saturated rings. The second kappa shape index (κ2) is 7.66. The van der Waals surface area contributed by atoms with E-state index in [0.29, 0.717) is 27.4 Å². The summed E-state index contributed by atoms with van der Waals surface area (Å²) in [5.41, 5.74) is 2.25. The largest absolute Gasteiger partial charge is 0.508 e. The topological polar surface area (TPSA) is 115 Å². The maximum atomic E-state index is 10.2. The summed E-state index contributed by atoms with van der Waals surface area (Å²) in [6.45, 7) is 3.37. The molecule has 7 nitrogen and oxygen atoms in total. The number of benzene rings is 2. The Morgan fingerprint density at radius 3 is 2.70 bits per heavy atom. The molecule has 0 saturated carbocycles. The van der Waals surface area contributed by atoms with Crippen LogP contribution in [0.5, 0.6) is 5.75 Å². The first-order valence-electron chi connectivity index (χ1n) is 8.17. The van der Waals surface area contributed by atoms with E-state index in [9.17, 15) is 10.2 Å². The first kappa shape index (κ1) is 18.7. The predicted molar refractivity (Wildman–Crippen MR) is 100 cm³/mol. The molecule has 3 aromatic rings. The van der Waals surface area contributed by atoms with Crippen LogP contribution in [0.3, 0.4) is 0 Å². The minimum absolute atomic E-state index is 0.0836. The van der Waals surface area contributed by atoms with Crippen LogP contribution >= 0.6 is 11.6 Å². The molecule has 0 radical (unpaired) electrons. The molecule has 0 bridgehead atoms. The van der Waals surface area contributed by atoms with Gasteiger partial charge in [-0.3, -0.25) is 0 Å². The summed E-state index contributed by atoms with van der Waals surface area (Å²) in [5, 5.41) is 40.4. The van der Waals surface area contributed by atoms with Gasteiger partial charge in [0, 0.05) is 11.3 Å². The normalized spacial score (nSPS) is 13.0. The van der Waals surface area contributed by atoms with E-state index in [1.54, 1.807) is 44.2 Å². The van der Waals surface area contributed by atoms with E-state index >= 15 is 0 Å². The van der Waals surface area contributed by atoms with Crippen LogP contribution in [0.15, 0.2) is 40.8 Å². The molecule has 0 aliphatic heterocycles. The summed E-state index contributed by atoms with van der Waals surface area (Å²) in [5.74, 6) is 0.492. The first-order valence-corrected chi connectivity index (χ1v) is 8.55. The quantitative estimate of drug-likeness (QED) is 0.612. The SMILES string of the molecule is Cc1c(N[C@@H](c2nnc(-c3cccc(O)c3)o2)[C@H](C)O)ccc(C#N)c1Cl. The Bertz CT molecular complexity index is 1010. The van der Waals surface area contributed by atoms with Gasteiger partial charge in [0.05, 0.1) is 16.7 Å². The van der Waals surface area contributed by atoms with E-state index < -0.39 is 12.1 Å². The molecule has 1 aromatic heterocycles. The lowest BCUT2D eigenvalue weighted by atomic mass is 10.1. The lowest BCUT2D eigenvalue weighted by Gasteiger charge is -2.21. The van der Waals surface area contributed by atoms with E-state index in [2.05, 4.69) is 15.5 Å². The summed E-state index contributed by atoms with van der Waals surface area (Å²) in [6, 6.07) is 11.1. The zero-order valence-electron chi connectivity index (χ0n) is 14.6. The van der Waals surface area contributed by atoms with Crippen LogP contribution in [0.2, 0.25) is 5.02 Å². The molecule has 2 aromatic carbocycles. The minimum atomic E-state index is -0.851. The van der Waals surface area contributed by atoms with Crippen molar-refractivity contribution in [1.82, 2.24) is 10.2 Å². The van der Waals surface area contributed by atoms with Crippen molar-refractivity contribution in [1.29, 1.82) is 5.26 Å². The van der Waals surface area contributed by atoms with Crippen LogP contribution in [0, 0.1) is 18.3 Å². The van der Waals surface area contributed by atoms with Gasteiger partial charge in [-0.1, -0.05) is 17.7 Å². The first-order chi connectivity index (χ1) is 12.9. The average molecular weight is 385 g/mol. The summed E-state index contributed by atoms with van der Waals surface area (Å²) in [4.78, 5) is 0. The van der Waals surface area contributed by atoms with Crippen LogP contribution in [0.4, 0.5) is 5.69 Å². The number of aromatic hydroxyl groups is 1. The molecule has 2 atom stereocenters. The highest BCUT2D eigenvalue weighted by atomic mass is 35.5. The number of halogens is 1. The molecular formula is C19H17ClN4O3. The van der Waals surface area contributed by atoms with E-state index in [-0.39, 0.29) is 17.5 Å². The molecule has 0 aliphatic rings. The van der Waals surface area contributed by atoms with Gasteiger partial charge in [-0.05, 0) is 49.7 Å². The van der Waals surface area contributed by atoms with E-state index in [0.717, 1.165) is 0 Å². The monoisotopic (exact) mass is 384 g/mol. The minimum Gasteiger partial charge on any atom is -0.508 e. The number of nitrogens with one attached hydrogen (secondary N) is 1. The zero-order valence-corrected chi connectivity index (χ0v) is 15.4. The van der Waals surface area contributed by atoms with Crippen molar-refractivity contribution >= 4 is 17.3 Å². The van der Waals surface area contributed by atoms with Crippen molar-refractivity contribution in [3.8, 4) is 23.3 Å². The molecule has 138 valence electrons. The van der Waals surface area contributed by atoms with Gasteiger partial charge in [-0.15, -0.1) is 10.2 Å². The zero-order chi connectivity index (χ0) is 19.6. The number of hydrogen-bond donors (Lipinski definition) is 3.